The van der Waals surface area contributed by atoms with Crippen LogP contribution in [0.25, 0.3) is 0 Å². The second-order valence-electron chi connectivity index (χ2n) is 2.34. The van der Waals surface area contributed by atoms with Crippen LogP contribution in [-0.2, 0) is 6.61 Å². The Labute approximate surface area is 79.1 Å². The second kappa shape index (κ2) is 3.57. The lowest BCUT2D eigenvalue weighted by Crippen LogP contribution is -1.86. The van der Waals surface area contributed by atoms with Crippen LogP contribution in [0.4, 0.5) is 0 Å². The van der Waals surface area contributed by atoms with Crippen LogP contribution in [-0.4, -0.2) is 5.11 Å². The smallest absolute Gasteiger partial charge is 0.0682 e. The normalized spacial score (nSPS) is 10.2. The maximum Gasteiger partial charge on any atom is 0.0682 e. The van der Waals surface area contributed by atoms with Crippen molar-refractivity contribution in [2.75, 3.05) is 0 Å². The van der Waals surface area contributed by atoms with Crippen LogP contribution in [0.1, 0.15) is 11.1 Å². The first-order chi connectivity index (χ1) is 5.15. The van der Waals surface area contributed by atoms with Gasteiger partial charge in [0.05, 0.1) is 6.61 Å². The Balaban J connectivity index is 3.21. The summed E-state index contributed by atoms with van der Waals surface area (Å²) in [6.07, 6.45) is 0. The number of rotatable bonds is 1. The summed E-state index contributed by atoms with van der Waals surface area (Å²) in [5.41, 5.74) is 1.83. The minimum absolute atomic E-state index is 0.0264. The van der Waals surface area contributed by atoms with Crippen molar-refractivity contribution in [2.24, 2.45) is 0 Å². The van der Waals surface area contributed by atoms with E-state index in [1.54, 1.807) is 6.07 Å². The Morgan fingerprint density at radius 3 is 2.64 bits per heavy atom. The SMILES string of the molecule is Cc1c(Cl)cc(CO)cc1Br. The lowest BCUT2D eigenvalue weighted by atomic mass is 10.2. The van der Waals surface area contributed by atoms with Crippen molar-refractivity contribution >= 4 is 27.5 Å². The summed E-state index contributed by atoms with van der Waals surface area (Å²) in [5.74, 6) is 0. The summed E-state index contributed by atoms with van der Waals surface area (Å²) in [4.78, 5) is 0. The van der Waals surface area contributed by atoms with Gasteiger partial charge in [0, 0.05) is 9.50 Å². The van der Waals surface area contributed by atoms with E-state index in [1.807, 2.05) is 13.0 Å². The van der Waals surface area contributed by atoms with E-state index in [0.29, 0.717) is 5.02 Å². The van der Waals surface area contributed by atoms with Gasteiger partial charge in [-0.25, -0.2) is 0 Å². The van der Waals surface area contributed by atoms with Gasteiger partial charge in [-0.1, -0.05) is 27.5 Å². The van der Waals surface area contributed by atoms with Crippen molar-refractivity contribution in [1.82, 2.24) is 0 Å². The number of hydrogen-bond acceptors (Lipinski definition) is 1. The van der Waals surface area contributed by atoms with E-state index in [4.69, 9.17) is 16.7 Å². The zero-order valence-electron chi connectivity index (χ0n) is 6.06. The quantitative estimate of drug-likeness (QED) is 0.793. The van der Waals surface area contributed by atoms with Gasteiger partial charge in [-0.15, -0.1) is 0 Å². The molecule has 11 heavy (non-hydrogen) atoms. The average molecular weight is 236 g/mol. The summed E-state index contributed by atoms with van der Waals surface area (Å²) >= 11 is 9.20. The third-order valence-corrected chi connectivity index (χ3v) is 2.74. The molecule has 0 fully saturated rings. The highest BCUT2D eigenvalue weighted by Crippen LogP contribution is 2.25. The van der Waals surface area contributed by atoms with Crippen LogP contribution in [0.3, 0.4) is 0 Å². The molecule has 1 rings (SSSR count). The molecule has 0 amide bonds. The molecule has 1 nitrogen and oxygen atoms in total. The van der Waals surface area contributed by atoms with Gasteiger partial charge < -0.3 is 5.11 Å². The second-order valence-corrected chi connectivity index (χ2v) is 3.60. The molecule has 0 heterocycles. The molecule has 60 valence electrons. The molecule has 0 saturated carbocycles. The Morgan fingerprint density at radius 1 is 1.55 bits per heavy atom. The van der Waals surface area contributed by atoms with Crippen LogP contribution >= 0.6 is 27.5 Å². The third kappa shape index (κ3) is 1.95. The molecule has 3 heteroatoms. The minimum Gasteiger partial charge on any atom is -0.392 e. The molecule has 0 aliphatic heterocycles. The van der Waals surface area contributed by atoms with Gasteiger partial charge in [-0.05, 0) is 30.2 Å². The fourth-order valence-corrected chi connectivity index (χ4v) is 1.65. The molecule has 0 spiro atoms. The van der Waals surface area contributed by atoms with E-state index in [9.17, 15) is 0 Å². The first kappa shape index (κ1) is 9.04. The van der Waals surface area contributed by atoms with Crippen LogP contribution in [0, 0.1) is 6.92 Å². The molecular formula is C8H8BrClO. The predicted molar refractivity (Wildman–Crippen MR) is 49.8 cm³/mol. The van der Waals surface area contributed by atoms with E-state index in [1.165, 1.54) is 0 Å². The highest BCUT2D eigenvalue weighted by molar-refractivity contribution is 9.10. The topological polar surface area (TPSA) is 20.2 Å². The Kier molecular flexibility index (Phi) is 2.93. The standard InChI is InChI=1S/C8H8BrClO/c1-5-7(9)2-6(4-11)3-8(5)10/h2-3,11H,4H2,1H3. The summed E-state index contributed by atoms with van der Waals surface area (Å²) in [6.45, 7) is 1.95. The minimum atomic E-state index is 0.0264. The van der Waals surface area contributed by atoms with Gasteiger partial charge >= 0.3 is 0 Å². The van der Waals surface area contributed by atoms with E-state index in [0.717, 1.165) is 15.6 Å². The van der Waals surface area contributed by atoms with Gasteiger partial charge in [0.2, 0.25) is 0 Å². The summed E-state index contributed by atoms with van der Waals surface area (Å²) in [7, 11) is 0. The lowest BCUT2D eigenvalue weighted by Gasteiger charge is -2.03. The summed E-state index contributed by atoms with van der Waals surface area (Å²) in [6, 6.07) is 3.63. The van der Waals surface area contributed by atoms with Crippen molar-refractivity contribution in [3.63, 3.8) is 0 Å². The monoisotopic (exact) mass is 234 g/mol. The Morgan fingerprint density at radius 2 is 2.18 bits per heavy atom. The number of hydrogen-bond donors (Lipinski definition) is 1. The van der Waals surface area contributed by atoms with Crippen molar-refractivity contribution in [1.29, 1.82) is 0 Å². The number of aliphatic hydroxyl groups excluding tert-OH is 1. The molecular weight excluding hydrogens is 227 g/mol. The van der Waals surface area contributed by atoms with Gasteiger partial charge in [-0.3, -0.25) is 0 Å². The largest absolute Gasteiger partial charge is 0.392 e. The van der Waals surface area contributed by atoms with Crippen molar-refractivity contribution in [3.05, 3.63) is 32.8 Å². The Hall–Kier alpha value is -0.0500. The van der Waals surface area contributed by atoms with Crippen molar-refractivity contribution in [3.8, 4) is 0 Å². The fraction of sp³-hybridized carbons (Fsp3) is 0.250. The predicted octanol–water partition coefficient (Wildman–Crippen LogP) is 2.90. The third-order valence-electron chi connectivity index (χ3n) is 1.52. The molecule has 0 aliphatic carbocycles. The van der Waals surface area contributed by atoms with Gasteiger partial charge in [0.1, 0.15) is 0 Å². The zero-order valence-corrected chi connectivity index (χ0v) is 8.41. The molecule has 0 aromatic heterocycles. The maximum absolute atomic E-state index is 8.80. The van der Waals surface area contributed by atoms with Crippen LogP contribution in [0.2, 0.25) is 5.02 Å². The van der Waals surface area contributed by atoms with E-state index in [-0.39, 0.29) is 6.61 Å². The van der Waals surface area contributed by atoms with Crippen LogP contribution in [0.15, 0.2) is 16.6 Å². The summed E-state index contributed by atoms with van der Waals surface area (Å²) < 4.78 is 0.939. The highest BCUT2D eigenvalue weighted by atomic mass is 79.9. The first-order valence-electron chi connectivity index (χ1n) is 3.20. The van der Waals surface area contributed by atoms with Crippen LogP contribution in [0.5, 0.6) is 0 Å². The van der Waals surface area contributed by atoms with Crippen molar-refractivity contribution < 1.29 is 5.11 Å². The van der Waals surface area contributed by atoms with Crippen molar-refractivity contribution in [2.45, 2.75) is 13.5 Å². The molecule has 0 radical (unpaired) electrons. The molecule has 0 unspecified atom stereocenters. The van der Waals surface area contributed by atoms with E-state index < -0.39 is 0 Å². The molecule has 0 saturated heterocycles. The molecule has 0 atom stereocenters. The van der Waals surface area contributed by atoms with E-state index >= 15 is 0 Å². The Bertz CT molecular complexity index is 250. The zero-order chi connectivity index (χ0) is 8.43. The van der Waals surface area contributed by atoms with Gasteiger partial charge in [-0.2, -0.15) is 0 Å². The first-order valence-corrected chi connectivity index (χ1v) is 4.37. The average Bonchev–Trinajstić information content (AvgIpc) is 1.99. The van der Waals surface area contributed by atoms with Crippen LogP contribution < -0.4 is 0 Å². The fourth-order valence-electron chi connectivity index (χ4n) is 0.789. The molecule has 1 aromatic carbocycles. The summed E-state index contributed by atoms with van der Waals surface area (Å²) in [5, 5.41) is 9.48. The van der Waals surface area contributed by atoms with Gasteiger partial charge in [0.25, 0.3) is 0 Å². The molecule has 1 aromatic rings. The number of aliphatic hydroxyl groups is 1. The van der Waals surface area contributed by atoms with Gasteiger partial charge in [0.15, 0.2) is 0 Å². The lowest BCUT2D eigenvalue weighted by molar-refractivity contribution is 0.282. The number of benzene rings is 1. The maximum atomic E-state index is 8.80. The molecule has 0 bridgehead atoms. The molecule has 0 aliphatic rings. The molecule has 1 N–H and O–H groups in total. The highest BCUT2D eigenvalue weighted by Gasteiger charge is 2.01. The number of halogens is 2. The van der Waals surface area contributed by atoms with E-state index in [2.05, 4.69) is 15.9 Å².